The number of amides is 1. The molecule has 1 aromatic rings. The van der Waals surface area contributed by atoms with E-state index in [0.717, 1.165) is 6.42 Å². The molecule has 0 N–H and O–H groups in total. The normalized spacial score (nSPS) is 18.6. The Morgan fingerprint density at radius 1 is 1.48 bits per heavy atom. The highest BCUT2D eigenvalue weighted by molar-refractivity contribution is 6.18. The predicted molar refractivity (Wildman–Crippen MR) is 72.4 cm³/mol. The van der Waals surface area contributed by atoms with E-state index in [1.807, 2.05) is 0 Å². The number of likely N-dealkylation sites (tertiary alicyclic amines) is 1. The van der Waals surface area contributed by atoms with Gasteiger partial charge in [-0.3, -0.25) is 14.9 Å². The molecule has 1 unspecified atom stereocenters. The Labute approximate surface area is 124 Å². The Kier molecular flexibility index (Phi) is 4.72. The van der Waals surface area contributed by atoms with Crippen molar-refractivity contribution in [1.29, 1.82) is 0 Å². The van der Waals surface area contributed by atoms with Gasteiger partial charge in [-0.05, 0) is 24.8 Å². The van der Waals surface area contributed by atoms with E-state index in [0.29, 0.717) is 37.5 Å². The van der Waals surface area contributed by atoms with E-state index in [-0.39, 0.29) is 5.92 Å². The van der Waals surface area contributed by atoms with Crippen LogP contribution in [0.1, 0.15) is 23.2 Å². The number of alkyl halides is 1. The first-order valence-electron chi connectivity index (χ1n) is 6.42. The van der Waals surface area contributed by atoms with Gasteiger partial charge in [0.15, 0.2) is 0 Å². The Morgan fingerprint density at radius 3 is 2.81 bits per heavy atom. The van der Waals surface area contributed by atoms with Crippen molar-refractivity contribution in [3.8, 4) is 0 Å². The molecular weight excluding hydrogens is 306 g/mol. The SMILES string of the molecule is O=C(c1cc(F)cc([N+](=O)[O-])c1F)N1CCCC(CCl)C1. The second-order valence-electron chi connectivity index (χ2n) is 4.96. The van der Waals surface area contributed by atoms with Gasteiger partial charge in [-0.15, -0.1) is 11.6 Å². The predicted octanol–water partition coefficient (Wildman–Crippen LogP) is 2.96. The van der Waals surface area contributed by atoms with E-state index in [9.17, 15) is 23.7 Å². The van der Waals surface area contributed by atoms with Crippen LogP contribution in [0.15, 0.2) is 12.1 Å². The molecule has 1 aliphatic heterocycles. The number of benzene rings is 1. The number of nitro benzene ring substituents is 1. The molecule has 1 aromatic carbocycles. The molecule has 1 heterocycles. The maximum Gasteiger partial charge on any atom is 0.308 e. The third kappa shape index (κ3) is 3.29. The fourth-order valence-electron chi connectivity index (χ4n) is 2.41. The molecule has 2 rings (SSSR count). The molecule has 0 bridgehead atoms. The van der Waals surface area contributed by atoms with Crippen LogP contribution < -0.4 is 0 Å². The Bertz CT molecular complexity index is 583. The molecule has 1 fully saturated rings. The molecule has 1 saturated heterocycles. The lowest BCUT2D eigenvalue weighted by atomic mass is 9.99. The smallest absolute Gasteiger partial charge is 0.308 e. The van der Waals surface area contributed by atoms with Gasteiger partial charge in [0.1, 0.15) is 5.82 Å². The van der Waals surface area contributed by atoms with Crippen molar-refractivity contribution < 1.29 is 18.5 Å². The maximum absolute atomic E-state index is 14.0. The third-order valence-corrected chi connectivity index (χ3v) is 3.91. The van der Waals surface area contributed by atoms with Crippen LogP contribution in [0.5, 0.6) is 0 Å². The van der Waals surface area contributed by atoms with E-state index in [1.54, 1.807) is 0 Å². The zero-order chi connectivity index (χ0) is 15.6. The minimum absolute atomic E-state index is 0.0935. The standard InChI is InChI=1S/C13H13ClF2N2O3/c14-6-8-2-1-3-17(7-8)13(19)10-4-9(15)5-11(12(10)16)18(20)21/h4-5,8H,1-3,6-7H2. The number of nitrogens with zero attached hydrogens (tertiary/aromatic N) is 2. The molecule has 1 amide bonds. The van der Waals surface area contributed by atoms with Crippen molar-refractivity contribution in [2.45, 2.75) is 12.8 Å². The average Bonchev–Trinajstić information content (AvgIpc) is 2.48. The molecule has 5 nitrogen and oxygen atoms in total. The number of carbonyl (C=O) groups excluding carboxylic acids is 1. The van der Waals surface area contributed by atoms with Crippen LogP contribution in [0.25, 0.3) is 0 Å². The molecule has 0 spiro atoms. The van der Waals surface area contributed by atoms with E-state index in [1.165, 1.54) is 4.90 Å². The first kappa shape index (κ1) is 15.6. The monoisotopic (exact) mass is 318 g/mol. The van der Waals surface area contributed by atoms with Crippen LogP contribution in [-0.2, 0) is 0 Å². The first-order valence-corrected chi connectivity index (χ1v) is 6.96. The summed E-state index contributed by atoms with van der Waals surface area (Å²) in [6.07, 6.45) is 1.57. The largest absolute Gasteiger partial charge is 0.338 e. The van der Waals surface area contributed by atoms with Gasteiger partial charge >= 0.3 is 5.69 Å². The Morgan fingerprint density at radius 2 is 2.19 bits per heavy atom. The van der Waals surface area contributed by atoms with Gasteiger partial charge in [0.25, 0.3) is 5.91 Å². The van der Waals surface area contributed by atoms with Crippen LogP contribution in [0.4, 0.5) is 14.5 Å². The molecular formula is C13H13ClF2N2O3. The van der Waals surface area contributed by atoms with Crippen molar-refractivity contribution in [3.63, 3.8) is 0 Å². The Hall–Kier alpha value is -1.76. The molecule has 8 heteroatoms. The summed E-state index contributed by atoms with van der Waals surface area (Å²) in [4.78, 5) is 23.3. The summed E-state index contributed by atoms with van der Waals surface area (Å²) >= 11 is 5.76. The second kappa shape index (κ2) is 6.34. The average molecular weight is 319 g/mol. The lowest BCUT2D eigenvalue weighted by Gasteiger charge is -2.31. The van der Waals surface area contributed by atoms with Gasteiger partial charge in [-0.1, -0.05) is 0 Å². The summed E-state index contributed by atoms with van der Waals surface area (Å²) in [6.45, 7) is 0.738. The summed E-state index contributed by atoms with van der Waals surface area (Å²) in [5.74, 6) is -2.60. The second-order valence-corrected chi connectivity index (χ2v) is 5.27. The first-order chi connectivity index (χ1) is 9.93. The molecule has 0 saturated carbocycles. The number of nitro groups is 1. The number of halogens is 3. The van der Waals surface area contributed by atoms with Crippen LogP contribution in [0, 0.1) is 27.7 Å². The number of carbonyl (C=O) groups is 1. The lowest BCUT2D eigenvalue weighted by molar-refractivity contribution is -0.387. The maximum atomic E-state index is 14.0. The quantitative estimate of drug-likeness (QED) is 0.489. The number of hydrogen-bond donors (Lipinski definition) is 0. The van der Waals surface area contributed by atoms with Crippen molar-refractivity contribution in [1.82, 2.24) is 4.90 Å². The lowest BCUT2D eigenvalue weighted by Crippen LogP contribution is -2.40. The number of hydrogen-bond acceptors (Lipinski definition) is 3. The summed E-state index contributed by atoms with van der Waals surface area (Å²) in [5.41, 5.74) is -1.65. The number of piperidine rings is 1. The van der Waals surface area contributed by atoms with Crippen LogP contribution >= 0.6 is 11.6 Å². The van der Waals surface area contributed by atoms with Crippen molar-refractivity contribution in [3.05, 3.63) is 39.4 Å². The minimum Gasteiger partial charge on any atom is -0.338 e. The zero-order valence-corrected chi connectivity index (χ0v) is 11.8. The van der Waals surface area contributed by atoms with Gasteiger partial charge in [-0.25, -0.2) is 4.39 Å². The minimum atomic E-state index is -1.31. The highest BCUT2D eigenvalue weighted by atomic mass is 35.5. The van der Waals surface area contributed by atoms with Gasteiger partial charge in [0.2, 0.25) is 5.82 Å². The fraction of sp³-hybridized carbons (Fsp3) is 0.462. The molecule has 0 radical (unpaired) electrons. The van der Waals surface area contributed by atoms with Gasteiger partial charge < -0.3 is 4.90 Å². The molecule has 1 aliphatic rings. The highest BCUT2D eigenvalue weighted by Crippen LogP contribution is 2.25. The van der Waals surface area contributed by atoms with E-state index in [2.05, 4.69) is 0 Å². The van der Waals surface area contributed by atoms with Crippen LogP contribution in [0.3, 0.4) is 0 Å². The fourth-order valence-corrected chi connectivity index (χ4v) is 2.66. The van der Waals surface area contributed by atoms with Crippen molar-refractivity contribution >= 4 is 23.2 Å². The van der Waals surface area contributed by atoms with Crippen molar-refractivity contribution in [2.75, 3.05) is 19.0 Å². The molecule has 0 aromatic heterocycles. The van der Waals surface area contributed by atoms with Crippen molar-refractivity contribution in [2.24, 2.45) is 5.92 Å². The Balaban J connectivity index is 2.33. The summed E-state index contributed by atoms with van der Waals surface area (Å²) in [7, 11) is 0. The molecule has 1 atom stereocenters. The van der Waals surface area contributed by atoms with Gasteiger partial charge in [0.05, 0.1) is 16.6 Å². The van der Waals surface area contributed by atoms with E-state index < -0.39 is 33.7 Å². The van der Waals surface area contributed by atoms with Crippen LogP contribution in [-0.4, -0.2) is 34.7 Å². The topological polar surface area (TPSA) is 63.4 Å². The molecule has 114 valence electrons. The summed E-state index contributed by atoms with van der Waals surface area (Å²) in [5, 5.41) is 10.7. The summed E-state index contributed by atoms with van der Waals surface area (Å²) in [6, 6.07) is 1.15. The summed E-state index contributed by atoms with van der Waals surface area (Å²) < 4.78 is 27.4. The third-order valence-electron chi connectivity index (χ3n) is 3.47. The zero-order valence-electron chi connectivity index (χ0n) is 11.0. The van der Waals surface area contributed by atoms with Gasteiger partial charge in [-0.2, -0.15) is 4.39 Å². The van der Waals surface area contributed by atoms with E-state index >= 15 is 0 Å². The molecule has 0 aliphatic carbocycles. The number of rotatable bonds is 3. The molecule has 21 heavy (non-hydrogen) atoms. The highest BCUT2D eigenvalue weighted by Gasteiger charge is 2.29. The van der Waals surface area contributed by atoms with Gasteiger partial charge in [0, 0.05) is 19.0 Å². The van der Waals surface area contributed by atoms with E-state index in [4.69, 9.17) is 11.6 Å². The van der Waals surface area contributed by atoms with Crippen LogP contribution in [0.2, 0.25) is 0 Å².